The van der Waals surface area contributed by atoms with E-state index in [1.807, 2.05) is 12.1 Å². The molecule has 0 saturated heterocycles. The molecular formula is C22H21FN4O. The number of hydrogen-bond donors (Lipinski definition) is 1. The number of aromatic nitrogens is 2. The molecule has 1 amide bonds. The summed E-state index contributed by atoms with van der Waals surface area (Å²) in [7, 11) is 0. The second-order valence-corrected chi connectivity index (χ2v) is 6.82. The van der Waals surface area contributed by atoms with Crippen LogP contribution in [0.5, 0.6) is 0 Å². The number of rotatable bonds is 4. The van der Waals surface area contributed by atoms with E-state index in [0.29, 0.717) is 17.2 Å². The van der Waals surface area contributed by atoms with E-state index in [2.05, 4.69) is 32.3 Å². The molecule has 1 aromatic heterocycles. The van der Waals surface area contributed by atoms with Crippen LogP contribution in [0.15, 0.2) is 54.6 Å². The summed E-state index contributed by atoms with van der Waals surface area (Å²) in [6.07, 6.45) is 2.06. The molecule has 0 unspecified atom stereocenters. The lowest BCUT2D eigenvalue weighted by molar-refractivity contribution is 0.0945. The molecule has 0 aliphatic carbocycles. The molecule has 0 fully saturated rings. The first-order valence-electron chi connectivity index (χ1n) is 9.34. The first-order chi connectivity index (χ1) is 13.6. The summed E-state index contributed by atoms with van der Waals surface area (Å²) in [5.74, 6) is 0.542. The molecule has 4 rings (SSSR count). The molecule has 6 heteroatoms. The summed E-state index contributed by atoms with van der Waals surface area (Å²) in [5, 5.41) is 2.74. The van der Waals surface area contributed by atoms with E-state index in [0.717, 1.165) is 25.1 Å². The minimum Gasteiger partial charge on any atom is -0.347 e. The molecular weight excluding hydrogens is 355 g/mol. The van der Waals surface area contributed by atoms with Crippen LogP contribution >= 0.6 is 0 Å². The van der Waals surface area contributed by atoms with Crippen LogP contribution in [-0.2, 0) is 13.0 Å². The predicted octanol–water partition coefficient (Wildman–Crippen LogP) is 3.94. The van der Waals surface area contributed by atoms with Crippen molar-refractivity contribution in [2.75, 3.05) is 11.4 Å². The van der Waals surface area contributed by atoms with Crippen LogP contribution in [0.2, 0.25) is 0 Å². The van der Waals surface area contributed by atoms with Gasteiger partial charge < -0.3 is 10.2 Å². The molecule has 0 bridgehead atoms. The van der Waals surface area contributed by atoms with E-state index < -0.39 is 0 Å². The van der Waals surface area contributed by atoms with Crippen molar-refractivity contribution in [2.45, 2.75) is 26.3 Å². The van der Waals surface area contributed by atoms with Gasteiger partial charge in [-0.15, -0.1) is 0 Å². The van der Waals surface area contributed by atoms with Gasteiger partial charge in [-0.1, -0.05) is 36.4 Å². The number of halogens is 1. The average molecular weight is 376 g/mol. The number of nitrogens with one attached hydrogen (secondary N) is 1. The van der Waals surface area contributed by atoms with E-state index in [4.69, 9.17) is 0 Å². The van der Waals surface area contributed by atoms with Crippen LogP contribution in [0.25, 0.3) is 0 Å². The zero-order valence-electron chi connectivity index (χ0n) is 15.7. The number of carbonyl (C=O) groups excluding carboxylic acids is 1. The summed E-state index contributed by atoms with van der Waals surface area (Å²) in [6.45, 7) is 2.72. The summed E-state index contributed by atoms with van der Waals surface area (Å²) in [6, 6.07) is 16.3. The fraction of sp³-hybridized carbons (Fsp3) is 0.227. The molecule has 5 nitrogen and oxygen atoms in total. The average Bonchev–Trinajstić information content (AvgIpc) is 2.72. The minimum absolute atomic E-state index is 0.108. The van der Waals surface area contributed by atoms with Gasteiger partial charge in [0.2, 0.25) is 0 Å². The van der Waals surface area contributed by atoms with Crippen molar-refractivity contribution in [2.24, 2.45) is 0 Å². The lowest BCUT2D eigenvalue weighted by atomic mass is 10.0. The maximum absolute atomic E-state index is 13.8. The Morgan fingerprint density at radius 3 is 2.79 bits per heavy atom. The first kappa shape index (κ1) is 18.1. The number of para-hydroxylation sites is 1. The maximum Gasteiger partial charge on any atom is 0.270 e. The van der Waals surface area contributed by atoms with Gasteiger partial charge in [0.1, 0.15) is 23.2 Å². The van der Waals surface area contributed by atoms with E-state index in [-0.39, 0.29) is 24.0 Å². The SMILES string of the molecule is Cc1nc(C(=O)NCc2ccccc2F)cc(N2CCCc3ccccc32)n1. The Hall–Kier alpha value is -3.28. The van der Waals surface area contributed by atoms with Crippen LogP contribution in [0, 0.1) is 12.7 Å². The van der Waals surface area contributed by atoms with Crippen molar-refractivity contribution in [1.29, 1.82) is 0 Å². The van der Waals surface area contributed by atoms with E-state index in [1.54, 1.807) is 31.2 Å². The van der Waals surface area contributed by atoms with Crippen molar-refractivity contribution >= 4 is 17.4 Å². The van der Waals surface area contributed by atoms with Crippen LogP contribution in [0.4, 0.5) is 15.9 Å². The Morgan fingerprint density at radius 1 is 1.14 bits per heavy atom. The number of carbonyl (C=O) groups is 1. The molecule has 1 N–H and O–H groups in total. The maximum atomic E-state index is 13.8. The third kappa shape index (κ3) is 3.71. The second-order valence-electron chi connectivity index (χ2n) is 6.82. The van der Waals surface area contributed by atoms with Crippen molar-refractivity contribution < 1.29 is 9.18 Å². The van der Waals surface area contributed by atoms with Gasteiger partial charge in [-0.05, 0) is 37.5 Å². The van der Waals surface area contributed by atoms with Gasteiger partial charge in [0.25, 0.3) is 5.91 Å². The molecule has 28 heavy (non-hydrogen) atoms. The van der Waals surface area contributed by atoms with Crippen molar-refractivity contribution in [1.82, 2.24) is 15.3 Å². The van der Waals surface area contributed by atoms with Crippen LogP contribution < -0.4 is 10.2 Å². The number of nitrogens with zero attached hydrogens (tertiary/aromatic N) is 3. The quantitative estimate of drug-likeness (QED) is 0.749. The van der Waals surface area contributed by atoms with Gasteiger partial charge in [0, 0.05) is 30.4 Å². The van der Waals surface area contributed by atoms with Crippen molar-refractivity contribution in [3.8, 4) is 0 Å². The number of fused-ring (bicyclic) bond motifs is 1. The highest BCUT2D eigenvalue weighted by molar-refractivity contribution is 5.93. The summed E-state index contributed by atoms with van der Waals surface area (Å²) < 4.78 is 13.8. The number of aryl methyl sites for hydroxylation is 2. The fourth-order valence-corrected chi connectivity index (χ4v) is 3.49. The highest BCUT2D eigenvalue weighted by Crippen LogP contribution is 2.32. The molecule has 0 radical (unpaired) electrons. The fourth-order valence-electron chi connectivity index (χ4n) is 3.49. The lowest BCUT2D eigenvalue weighted by Crippen LogP contribution is -2.28. The Morgan fingerprint density at radius 2 is 1.93 bits per heavy atom. The van der Waals surface area contributed by atoms with Gasteiger partial charge in [-0.3, -0.25) is 4.79 Å². The molecule has 1 aliphatic heterocycles. The van der Waals surface area contributed by atoms with E-state index in [9.17, 15) is 9.18 Å². The van der Waals surface area contributed by atoms with Crippen LogP contribution in [-0.4, -0.2) is 22.4 Å². The van der Waals surface area contributed by atoms with Crippen LogP contribution in [0.1, 0.15) is 33.9 Å². The Kier molecular flexibility index (Phi) is 5.02. The topological polar surface area (TPSA) is 58.1 Å². The molecule has 1 aliphatic rings. The zero-order chi connectivity index (χ0) is 19.5. The molecule has 0 spiro atoms. The normalized spacial score (nSPS) is 13.1. The van der Waals surface area contributed by atoms with E-state index >= 15 is 0 Å². The highest BCUT2D eigenvalue weighted by Gasteiger charge is 2.21. The Labute approximate surface area is 163 Å². The first-order valence-corrected chi connectivity index (χ1v) is 9.34. The summed E-state index contributed by atoms with van der Waals surface area (Å²) in [5.41, 5.74) is 3.11. The van der Waals surface area contributed by atoms with Crippen LogP contribution in [0.3, 0.4) is 0 Å². The number of anilines is 2. The highest BCUT2D eigenvalue weighted by atomic mass is 19.1. The summed E-state index contributed by atoms with van der Waals surface area (Å²) >= 11 is 0. The monoisotopic (exact) mass is 376 g/mol. The van der Waals surface area contributed by atoms with Gasteiger partial charge in [0.05, 0.1) is 0 Å². The molecule has 142 valence electrons. The molecule has 0 saturated carbocycles. The molecule has 2 aromatic carbocycles. The molecule has 3 aromatic rings. The number of benzene rings is 2. The van der Waals surface area contributed by atoms with Gasteiger partial charge in [0.15, 0.2) is 0 Å². The lowest BCUT2D eigenvalue weighted by Gasteiger charge is -2.30. The zero-order valence-corrected chi connectivity index (χ0v) is 15.7. The molecule has 0 atom stereocenters. The van der Waals surface area contributed by atoms with E-state index in [1.165, 1.54) is 11.6 Å². The van der Waals surface area contributed by atoms with Gasteiger partial charge >= 0.3 is 0 Å². The Bertz CT molecular complexity index is 1020. The smallest absolute Gasteiger partial charge is 0.270 e. The van der Waals surface area contributed by atoms with Crippen molar-refractivity contribution in [3.05, 3.63) is 83.1 Å². The second kappa shape index (κ2) is 7.76. The largest absolute Gasteiger partial charge is 0.347 e. The Balaban J connectivity index is 1.58. The van der Waals surface area contributed by atoms with Crippen molar-refractivity contribution in [3.63, 3.8) is 0 Å². The minimum atomic E-state index is -0.347. The number of amides is 1. The third-order valence-electron chi connectivity index (χ3n) is 4.84. The summed E-state index contributed by atoms with van der Waals surface area (Å²) in [4.78, 5) is 23.6. The number of hydrogen-bond acceptors (Lipinski definition) is 4. The van der Waals surface area contributed by atoms with Gasteiger partial charge in [-0.2, -0.15) is 0 Å². The molecule has 2 heterocycles. The predicted molar refractivity (Wildman–Crippen MR) is 106 cm³/mol. The standard InChI is InChI=1S/C22H21FN4O/c1-15-25-19(22(28)24-14-17-8-2-4-10-18(17)23)13-21(26-15)27-12-6-9-16-7-3-5-11-20(16)27/h2-5,7-8,10-11,13H,6,9,12,14H2,1H3,(H,24,28). The van der Waals surface area contributed by atoms with Gasteiger partial charge in [-0.25, -0.2) is 14.4 Å². The third-order valence-corrected chi connectivity index (χ3v) is 4.84.